The molecular formula is C23H17BrN2O3. The number of hydrogen-bond acceptors (Lipinski definition) is 3. The van der Waals surface area contributed by atoms with Crippen molar-refractivity contribution in [3.8, 4) is 23.0 Å². The third-order valence-corrected chi connectivity index (χ3v) is 5.21. The van der Waals surface area contributed by atoms with Gasteiger partial charge in [0.1, 0.15) is 6.61 Å². The Balaban J connectivity index is 1.37. The van der Waals surface area contributed by atoms with E-state index in [1.165, 1.54) is 11.1 Å². The highest BCUT2D eigenvalue weighted by molar-refractivity contribution is 9.10. The van der Waals surface area contributed by atoms with Gasteiger partial charge < -0.3 is 15.0 Å². The number of H-pyrrole nitrogens is 1. The lowest BCUT2D eigenvalue weighted by Crippen LogP contribution is -2.26. The molecule has 0 radical (unpaired) electrons. The van der Waals surface area contributed by atoms with Crippen LogP contribution in [0.15, 0.2) is 70.1 Å². The van der Waals surface area contributed by atoms with Crippen LogP contribution in [-0.4, -0.2) is 24.2 Å². The van der Waals surface area contributed by atoms with Gasteiger partial charge in [-0.3, -0.25) is 4.79 Å². The molecule has 5 nitrogen and oxygen atoms in total. The van der Waals surface area contributed by atoms with Crippen molar-refractivity contribution in [3.63, 3.8) is 0 Å². The number of rotatable bonds is 3. The Labute approximate surface area is 176 Å². The van der Waals surface area contributed by atoms with Crippen molar-refractivity contribution in [1.29, 1.82) is 0 Å². The number of alkyl carbamates (subject to hydrolysis) is 1. The molecule has 1 amide bonds. The molecule has 0 atom stereocenters. The van der Waals surface area contributed by atoms with Crippen LogP contribution in [0.5, 0.6) is 0 Å². The summed E-state index contributed by atoms with van der Waals surface area (Å²) in [5.74, 6) is 5.51. The fraction of sp³-hybridized carbons (Fsp3) is 0.130. The number of halogens is 1. The van der Waals surface area contributed by atoms with E-state index in [4.69, 9.17) is 4.74 Å². The van der Waals surface area contributed by atoms with Crippen molar-refractivity contribution >= 4 is 22.0 Å². The largest absolute Gasteiger partial charge is 0.449 e. The normalized spacial score (nSPS) is 11.8. The molecule has 29 heavy (non-hydrogen) atoms. The highest BCUT2D eigenvalue weighted by Gasteiger charge is 2.28. The quantitative estimate of drug-likeness (QED) is 0.594. The SMILES string of the molecule is O=C(NCC#Cc1cc(Br)c[nH]c1=O)OCC1c2ccccc2-c2ccccc21. The molecule has 6 heteroatoms. The summed E-state index contributed by atoms with van der Waals surface area (Å²) in [5, 5.41) is 2.60. The number of ether oxygens (including phenoxy) is 1. The van der Waals surface area contributed by atoms with Crippen LogP contribution in [0.25, 0.3) is 11.1 Å². The topological polar surface area (TPSA) is 71.2 Å². The van der Waals surface area contributed by atoms with Gasteiger partial charge in [-0.15, -0.1) is 0 Å². The van der Waals surface area contributed by atoms with Crippen LogP contribution < -0.4 is 10.9 Å². The Kier molecular flexibility index (Phi) is 5.50. The van der Waals surface area contributed by atoms with Crippen LogP contribution in [0.1, 0.15) is 22.6 Å². The fourth-order valence-corrected chi connectivity index (χ4v) is 3.80. The molecule has 0 saturated carbocycles. The summed E-state index contributed by atoms with van der Waals surface area (Å²) in [7, 11) is 0. The molecule has 0 aliphatic heterocycles. The van der Waals surface area contributed by atoms with Crippen LogP contribution in [0, 0.1) is 11.8 Å². The van der Waals surface area contributed by atoms with Crippen LogP contribution >= 0.6 is 15.9 Å². The first-order chi connectivity index (χ1) is 14.1. The molecule has 0 fully saturated rings. The van der Waals surface area contributed by atoms with E-state index in [-0.39, 0.29) is 24.6 Å². The number of carbonyl (C=O) groups excluding carboxylic acids is 1. The number of nitrogens with one attached hydrogen (secondary N) is 2. The van der Waals surface area contributed by atoms with Crippen LogP contribution in [0.3, 0.4) is 0 Å². The Morgan fingerprint density at radius 2 is 1.76 bits per heavy atom. The summed E-state index contributed by atoms with van der Waals surface area (Å²) in [5.41, 5.74) is 4.74. The number of aromatic nitrogens is 1. The lowest BCUT2D eigenvalue weighted by Gasteiger charge is -2.14. The Hall–Kier alpha value is -3.30. The van der Waals surface area contributed by atoms with Gasteiger partial charge in [-0.2, -0.15) is 0 Å². The van der Waals surface area contributed by atoms with Gasteiger partial charge in [0.25, 0.3) is 5.56 Å². The van der Waals surface area contributed by atoms with Gasteiger partial charge in [0, 0.05) is 16.6 Å². The lowest BCUT2D eigenvalue weighted by molar-refractivity contribution is 0.144. The van der Waals surface area contributed by atoms with Crippen molar-refractivity contribution in [3.05, 3.63) is 92.3 Å². The Morgan fingerprint density at radius 3 is 2.45 bits per heavy atom. The number of pyridine rings is 1. The molecule has 4 rings (SSSR count). The summed E-state index contributed by atoms with van der Waals surface area (Å²) < 4.78 is 6.17. The highest BCUT2D eigenvalue weighted by atomic mass is 79.9. The predicted octanol–water partition coefficient (Wildman–Crippen LogP) is 4.03. The zero-order valence-electron chi connectivity index (χ0n) is 15.4. The molecule has 0 bridgehead atoms. The lowest BCUT2D eigenvalue weighted by atomic mass is 9.98. The molecule has 1 aliphatic rings. The molecule has 2 N–H and O–H groups in total. The predicted molar refractivity (Wildman–Crippen MR) is 115 cm³/mol. The first-order valence-corrected chi connectivity index (χ1v) is 9.89. The van der Waals surface area contributed by atoms with E-state index in [1.807, 2.05) is 24.3 Å². The molecule has 0 unspecified atom stereocenters. The molecule has 1 heterocycles. The molecule has 3 aromatic rings. The van der Waals surface area contributed by atoms with E-state index in [1.54, 1.807) is 12.3 Å². The van der Waals surface area contributed by atoms with Crippen molar-refractivity contribution in [2.45, 2.75) is 5.92 Å². The summed E-state index contributed by atoms with van der Waals surface area (Å²) in [6.45, 7) is 0.335. The van der Waals surface area contributed by atoms with Gasteiger partial charge in [0.2, 0.25) is 0 Å². The van der Waals surface area contributed by atoms with E-state index in [2.05, 4.69) is 62.3 Å². The monoisotopic (exact) mass is 448 g/mol. The zero-order valence-corrected chi connectivity index (χ0v) is 17.0. The van der Waals surface area contributed by atoms with Gasteiger partial charge in [-0.05, 0) is 44.3 Å². The van der Waals surface area contributed by atoms with Crippen molar-refractivity contribution in [2.75, 3.05) is 13.2 Å². The average molecular weight is 449 g/mol. The van der Waals surface area contributed by atoms with E-state index in [9.17, 15) is 9.59 Å². The van der Waals surface area contributed by atoms with Crippen LogP contribution in [0.4, 0.5) is 4.79 Å². The molecule has 1 aromatic heterocycles. The molecule has 1 aliphatic carbocycles. The van der Waals surface area contributed by atoms with Gasteiger partial charge >= 0.3 is 6.09 Å². The number of amides is 1. The van der Waals surface area contributed by atoms with Crippen molar-refractivity contribution in [2.24, 2.45) is 0 Å². The third-order valence-electron chi connectivity index (χ3n) is 4.76. The minimum absolute atomic E-state index is 0.0134. The second-order valence-corrected chi connectivity index (χ2v) is 7.46. The van der Waals surface area contributed by atoms with E-state index >= 15 is 0 Å². The maximum Gasteiger partial charge on any atom is 0.407 e. The second kappa shape index (κ2) is 8.38. The van der Waals surface area contributed by atoms with Gasteiger partial charge in [0.15, 0.2) is 0 Å². The summed E-state index contributed by atoms with van der Waals surface area (Å²) in [6, 6.07) is 18.0. The highest BCUT2D eigenvalue weighted by Crippen LogP contribution is 2.44. The third kappa shape index (κ3) is 4.10. The number of hydrogen-bond donors (Lipinski definition) is 2. The number of carbonyl (C=O) groups is 1. The average Bonchev–Trinajstić information content (AvgIpc) is 3.06. The van der Waals surface area contributed by atoms with Crippen molar-refractivity contribution < 1.29 is 9.53 Å². The first-order valence-electron chi connectivity index (χ1n) is 9.09. The van der Waals surface area contributed by atoms with Gasteiger partial charge in [0.05, 0.1) is 12.1 Å². The van der Waals surface area contributed by atoms with Crippen LogP contribution in [-0.2, 0) is 4.74 Å². The van der Waals surface area contributed by atoms with Gasteiger partial charge in [-0.1, -0.05) is 60.4 Å². The van der Waals surface area contributed by atoms with E-state index < -0.39 is 6.09 Å². The second-order valence-electron chi connectivity index (χ2n) is 6.54. The Bertz CT molecular complexity index is 1140. The zero-order chi connectivity index (χ0) is 20.2. The van der Waals surface area contributed by atoms with E-state index in [0.717, 1.165) is 15.6 Å². The number of fused-ring (bicyclic) bond motifs is 3. The minimum atomic E-state index is -0.538. The number of benzene rings is 2. The van der Waals surface area contributed by atoms with Gasteiger partial charge in [-0.25, -0.2) is 4.79 Å². The maximum absolute atomic E-state index is 12.1. The molecule has 0 spiro atoms. The van der Waals surface area contributed by atoms with Crippen molar-refractivity contribution in [1.82, 2.24) is 10.3 Å². The molecule has 2 aromatic carbocycles. The number of aromatic amines is 1. The summed E-state index contributed by atoms with van der Waals surface area (Å²) in [6.07, 6.45) is 1.01. The van der Waals surface area contributed by atoms with Crippen LogP contribution in [0.2, 0.25) is 0 Å². The molecule has 144 valence electrons. The minimum Gasteiger partial charge on any atom is -0.449 e. The molecule has 0 saturated heterocycles. The van der Waals surface area contributed by atoms with E-state index in [0.29, 0.717) is 5.56 Å². The molecular weight excluding hydrogens is 432 g/mol. The smallest absolute Gasteiger partial charge is 0.407 e. The standard InChI is InChI=1S/C23H17BrN2O3/c24-16-12-15(22(27)26-13-16)6-5-11-25-23(28)29-14-21-19-9-3-1-7-17(19)18-8-2-4-10-20(18)21/h1-4,7-10,12-13,21H,11,14H2,(H,25,28)(H,26,27). The maximum atomic E-state index is 12.1. The fourth-order valence-electron chi connectivity index (χ4n) is 3.46. The summed E-state index contributed by atoms with van der Waals surface area (Å²) in [4.78, 5) is 26.3. The first kappa shape index (κ1) is 19.0. The summed E-state index contributed by atoms with van der Waals surface area (Å²) >= 11 is 3.28. The Morgan fingerprint density at radius 1 is 1.10 bits per heavy atom.